The summed E-state index contributed by atoms with van der Waals surface area (Å²) < 4.78 is 70.2. The summed E-state index contributed by atoms with van der Waals surface area (Å²) >= 11 is 6.34. The number of benzene rings is 1. The number of hydrogen-bond acceptors (Lipinski definition) is 3. The summed E-state index contributed by atoms with van der Waals surface area (Å²) in [5, 5.41) is 14.8. The number of aromatic nitrogens is 2. The van der Waals surface area contributed by atoms with Gasteiger partial charge in [-0.25, -0.2) is 0 Å². The molecule has 0 saturated heterocycles. The first kappa shape index (κ1) is 22.4. The van der Waals surface area contributed by atoms with Gasteiger partial charge in [0.15, 0.2) is 0 Å². The van der Waals surface area contributed by atoms with E-state index in [1.54, 1.807) is 6.92 Å². The lowest BCUT2D eigenvalue weighted by atomic mass is 9.90. The highest BCUT2D eigenvalue weighted by Gasteiger charge is 2.39. The Morgan fingerprint density at radius 3 is 2.39 bits per heavy atom. The van der Waals surface area contributed by atoms with Crippen molar-refractivity contribution in [3.05, 3.63) is 34.5 Å². The Hall–Kier alpha value is -1.87. The Morgan fingerprint density at radius 1 is 1.25 bits per heavy atom. The third kappa shape index (κ3) is 4.94. The fourth-order valence-electron chi connectivity index (χ4n) is 2.94. The lowest BCUT2D eigenvalue weighted by Gasteiger charge is -2.26. The standard InChI is InChI=1S/C18H20ClF5N2O2/c1-4-12-14(19)15(26(5-2)25-12)11-7-6-10(8-13(11)28-16(20)21)17(3,27)9-18(22,23)24/h6-8,16,27H,4-5,9H2,1-3H3. The fourth-order valence-corrected chi connectivity index (χ4v) is 3.31. The van der Waals surface area contributed by atoms with E-state index in [9.17, 15) is 27.1 Å². The number of ether oxygens (including phenoxy) is 1. The highest BCUT2D eigenvalue weighted by atomic mass is 35.5. The first-order valence-corrected chi connectivity index (χ1v) is 8.91. The molecule has 0 amide bonds. The third-order valence-electron chi connectivity index (χ3n) is 4.21. The summed E-state index contributed by atoms with van der Waals surface area (Å²) in [5.41, 5.74) is -1.52. The average molecular weight is 427 g/mol. The number of aryl methyl sites for hydroxylation is 2. The predicted octanol–water partition coefficient (Wildman–Crippen LogP) is 5.55. The zero-order chi connectivity index (χ0) is 21.3. The van der Waals surface area contributed by atoms with Crippen LogP contribution in [0.2, 0.25) is 5.02 Å². The van der Waals surface area contributed by atoms with Gasteiger partial charge in [0.2, 0.25) is 0 Å². The van der Waals surface area contributed by atoms with E-state index in [1.165, 1.54) is 16.8 Å². The zero-order valence-electron chi connectivity index (χ0n) is 15.4. The molecule has 10 heteroatoms. The molecule has 1 unspecified atom stereocenters. The zero-order valence-corrected chi connectivity index (χ0v) is 16.2. The van der Waals surface area contributed by atoms with Gasteiger partial charge in [-0.15, -0.1) is 0 Å². The average Bonchev–Trinajstić information content (AvgIpc) is 2.88. The summed E-state index contributed by atoms with van der Waals surface area (Å²) in [6, 6.07) is 3.50. The molecule has 1 N–H and O–H groups in total. The molecule has 2 aromatic rings. The third-order valence-corrected chi connectivity index (χ3v) is 4.61. The van der Waals surface area contributed by atoms with Crippen molar-refractivity contribution >= 4 is 11.6 Å². The monoisotopic (exact) mass is 426 g/mol. The van der Waals surface area contributed by atoms with Crippen molar-refractivity contribution in [3.8, 4) is 17.0 Å². The first-order chi connectivity index (χ1) is 12.9. The quantitative estimate of drug-likeness (QED) is 0.591. The number of aliphatic hydroxyl groups is 1. The van der Waals surface area contributed by atoms with Crippen molar-refractivity contribution in [1.29, 1.82) is 0 Å². The van der Waals surface area contributed by atoms with Crippen molar-refractivity contribution in [2.75, 3.05) is 0 Å². The lowest BCUT2D eigenvalue weighted by Crippen LogP contribution is -2.29. The number of halogens is 6. The van der Waals surface area contributed by atoms with Crippen LogP contribution < -0.4 is 4.74 Å². The van der Waals surface area contributed by atoms with Crippen LogP contribution in [0.3, 0.4) is 0 Å². The molecule has 28 heavy (non-hydrogen) atoms. The Labute approximate surface area is 163 Å². The van der Waals surface area contributed by atoms with E-state index >= 15 is 0 Å². The van der Waals surface area contributed by atoms with Crippen molar-refractivity contribution in [1.82, 2.24) is 9.78 Å². The van der Waals surface area contributed by atoms with Gasteiger partial charge in [0, 0.05) is 12.1 Å². The molecule has 1 aromatic heterocycles. The van der Waals surface area contributed by atoms with Crippen LogP contribution in [-0.2, 0) is 18.6 Å². The minimum absolute atomic E-state index is 0.144. The van der Waals surface area contributed by atoms with E-state index in [0.717, 1.165) is 13.0 Å². The normalized spacial score (nSPS) is 14.4. The summed E-state index contributed by atoms with van der Waals surface area (Å²) in [5.74, 6) is -0.394. The minimum Gasteiger partial charge on any atom is -0.434 e. The molecule has 0 aliphatic carbocycles. The Morgan fingerprint density at radius 2 is 1.89 bits per heavy atom. The molecule has 0 radical (unpaired) electrons. The molecular weight excluding hydrogens is 407 g/mol. The summed E-state index contributed by atoms with van der Waals surface area (Å²) in [4.78, 5) is 0. The topological polar surface area (TPSA) is 47.3 Å². The SMILES string of the molecule is CCc1nn(CC)c(-c2ccc(C(C)(O)CC(F)(F)F)cc2OC(F)F)c1Cl. The van der Waals surface area contributed by atoms with Crippen molar-refractivity contribution in [2.45, 2.75) is 58.5 Å². The van der Waals surface area contributed by atoms with Gasteiger partial charge in [-0.2, -0.15) is 27.1 Å². The van der Waals surface area contributed by atoms with Crippen molar-refractivity contribution < 1.29 is 31.8 Å². The van der Waals surface area contributed by atoms with E-state index in [0.29, 0.717) is 24.4 Å². The molecule has 0 saturated carbocycles. The van der Waals surface area contributed by atoms with E-state index in [4.69, 9.17) is 11.6 Å². The minimum atomic E-state index is -4.65. The van der Waals surface area contributed by atoms with Gasteiger partial charge >= 0.3 is 12.8 Å². The summed E-state index contributed by atoms with van der Waals surface area (Å²) in [6.07, 6.45) is -5.69. The van der Waals surface area contributed by atoms with Crippen LogP contribution in [0.4, 0.5) is 22.0 Å². The van der Waals surface area contributed by atoms with E-state index in [1.807, 2.05) is 6.92 Å². The van der Waals surface area contributed by atoms with Gasteiger partial charge in [0.1, 0.15) is 5.75 Å². The van der Waals surface area contributed by atoms with Crippen LogP contribution in [0.15, 0.2) is 18.2 Å². The van der Waals surface area contributed by atoms with Crippen LogP contribution in [0.25, 0.3) is 11.3 Å². The lowest BCUT2D eigenvalue weighted by molar-refractivity contribution is -0.174. The maximum absolute atomic E-state index is 12.9. The second-order valence-corrected chi connectivity index (χ2v) is 6.81. The van der Waals surface area contributed by atoms with Crippen molar-refractivity contribution in [2.24, 2.45) is 0 Å². The molecule has 4 nitrogen and oxygen atoms in total. The number of rotatable bonds is 7. The molecule has 2 rings (SSSR count). The van der Waals surface area contributed by atoms with Crippen molar-refractivity contribution in [3.63, 3.8) is 0 Å². The largest absolute Gasteiger partial charge is 0.434 e. The van der Waals surface area contributed by atoms with Gasteiger partial charge in [0.25, 0.3) is 0 Å². The summed E-state index contributed by atoms with van der Waals surface area (Å²) in [6.45, 7) is 1.73. The molecule has 0 aliphatic rings. The van der Waals surface area contributed by atoms with E-state index < -0.39 is 30.6 Å². The van der Waals surface area contributed by atoms with Crippen LogP contribution in [-0.4, -0.2) is 27.7 Å². The van der Waals surface area contributed by atoms with Crippen LogP contribution in [0, 0.1) is 0 Å². The van der Waals surface area contributed by atoms with Gasteiger partial charge < -0.3 is 9.84 Å². The predicted molar refractivity (Wildman–Crippen MR) is 94.6 cm³/mol. The highest BCUT2D eigenvalue weighted by Crippen LogP contribution is 2.41. The maximum atomic E-state index is 12.9. The van der Waals surface area contributed by atoms with E-state index in [-0.39, 0.29) is 16.1 Å². The fraction of sp³-hybridized carbons (Fsp3) is 0.500. The molecule has 1 heterocycles. The molecule has 0 aliphatic heterocycles. The molecule has 0 fully saturated rings. The molecule has 0 spiro atoms. The van der Waals surface area contributed by atoms with Gasteiger partial charge in [0.05, 0.1) is 28.4 Å². The summed E-state index contributed by atoms with van der Waals surface area (Å²) in [7, 11) is 0. The number of hydrogen-bond donors (Lipinski definition) is 1. The Kier molecular flexibility index (Phi) is 6.60. The molecular formula is C18H20ClF5N2O2. The molecule has 156 valence electrons. The van der Waals surface area contributed by atoms with Crippen LogP contribution in [0.5, 0.6) is 5.75 Å². The van der Waals surface area contributed by atoms with E-state index in [2.05, 4.69) is 9.84 Å². The highest BCUT2D eigenvalue weighted by molar-refractivity contribution is 6.33. The smallest absolute Gasteiger partial charge is 0.392 e. The Bertz CT molecular complexity index is 834. The molecule has 1 aromatic carbocycles. The van der Waals surface area contributed by atoms with Crippen LogP contribution in [0.1, 0.15) is 38.4 Å². The molecule has 0 bridgehead atoms. The second kappa shape index (κ2) is 8.24. The van der Waals surface area contributed by atoms with Gasteiger partial charge in [-0.05, 0) is 38.0 Å². The van der Waals surface area contributed by atoms with Gasteiger partial charge in [-0.3, -0.25) is 4.68 Å². The molecule has 1 atom stereocenters. The number of alkyl halides is 5. The maximum Gasteiger partial charge on any atom is 0.392 e. The first-order valence-electron chi connectivity index (χ1n) is 8.53. The van der Waals surface area contributed by atoms with Gasteiger partial charge in [-0.1, -0.05) is 24.6 Å². The number of nitrogens with zero attached hydrogens (tertiary/aromatic N) is 2. The van der Waals surface area contributed by atoms with Crippen LogP contribution >= 0.6 is 11.6 Å². The Balaban J connectivity index is 2.63. The second-order valence-electron chi connectivity index (χ2n) is 6.43.